The molecule has 1 aromatic carbocycles. The number of nitrogens with one attached hydrogen (secondary N) is 1. The zero-order chi connectivity index (χ0) is 20.2. The standard InChI is InChI=1S/C24H35N3O2/c1-18(28)27-17-20-10-6-14-26-15-7-11-21(24(20)26)22(27)12-5-13-23(29)25-16-19-8-3-2-4-9-19/h2-4,8-9,20-22,24H,5-7,10-17H2,1H3,(H,25,29)/t20-,21+,22+,24-/m0/s1. The van der Waals surface area contributed by atoms with Gasteiger partial charge in [0.05, 0.1) is 0 Å². The predicted octanol–water partition coefficient (Wildman–Crippen LogP) is 3.19. The first-order chi connectivity index (χ1) is 14.1. The number of amides is 2. The number of benzene rings is 1. The van der Waals surface area contributed by atoms with Gasteiger partial charge in [0.15, 0.2) is 0 Å². The number of rotatable bonds is 6. The lowest BCUT2D eigenvalue weighted by atomic mass is 9.69. The van der Waals surface area contributed by atoms with E-state index in [4.69, 9.17) is 0 Å². The third-order valence-electron chi connectivity index (χ3n) is 7.31. The Morgan fingerprint density at radius 3 is 2.62 bits per heavy atom. The third-order valence-corrected chi connectivity index (χ3v) is 7.31. The Labute approximate surface area is 174 Å². The number of carbonyl (C=O) groups is 2. The SMILES string of the molecule is CC(=O)N1C[C@@H]2CCCN3CCC[C@@H]([C@H]23)[C@H]1CCCC(=O)NCc1ccccc1. The number of hydrogen-bond donors (Lipinski definition) is 1. The van der Waals surface area contributed by atoms with Crippen LogP contribution in [0.2, 0.25) is 0 Å². The summed E-state index contributed by atoms with van der Waals surface area (Å²) in [6.07, 6.45) is 7.34. The van der Waals surface area contributed by atoms with Gasteiger partial charge in [-0.2, -0.15) is 0 Å². The van der Waals surface area contributed by atoms with E-state index in [-0.39, 0.29) is 11.8 Å². The molecular formula is C24H35N3O2. The Kier molecular flexibility index (Phi) is 6.53. The maximum Gasteiger partial charge on any atom is 0.220 e. The molecule has 5 heteroatoms. The zero-order valence-corrected chi connectivity index (χ0v) is 17.7. The van der Waals surface area contributed by atoms with Crippen molar-refractivity contribution in [2.24, 2.45) is 11.8 Å². The van der Waals surface area contributed by atoms with Gasteiger partial charge in [0.1, 0.15) is 0 Å². The van der Waals surface area contributed by atoms with Gasteiger partial charge in [-0.1, -0.05) is 30.3 Å². The molecule has 3 aliphatic heterocycles. The number of hydrogen-bond acceptors (Lipinski definition) is 3. The summed E-state index contributed by atoms with van der Waals surface area (Å²) in [6.45, 7) is 5.68. The number of piperidine rings is 3. The van der Waals surface area contributed by atoms with Crippen molar-refractivity contribution in [2.75, 3.05) is 19.6 Å². The van der Waals surface area contributed by atoms with Gasteiger partial charge < -0.3 is 10.2 Å². The molecule has 2 amide bonds. The average Bonchev–Trinajstić information content (AvgIpc) is 2.74. The molecule has 0 spiro atoms. The van der Waals surface area contributed by atoms with Gasteiger partial charge in [0.25, 0.3) is 0 Å². The van der Waals surface area contributed by atoms with Gasteiger partial charge in [-0.3, -0.25) is 14.5 Å². The molecule has 4 atom stereocenters. The normalized spacial score (nSPS) is 29.2. The van der Waals surface area contributed by atoms with E-state index in [0.29, 0.717) is 36.9 Å². The molecule has 5 nitrogen and oxygen atoms in total. The summed E-state index contributed by atoms with van der Waals surface area (Å²) in [5, 5.41) is 3.03. The highest BCUT2D eigenvalue weighted by Crippen LogP contribution is 2.43. The van der Waals surface area contributed by atoms with Gasteiger partial charge >= 0.3 is 0 Å². The molecule has 0 radical (unpaired) electrons. The summed E-state index contributed by atoms with van der Waals surface area (Å²) in [5.41, 5.74) is 1.13. The van der Waals surface area contributed by atoms with Gasteiger partial charge in [0, 0.05) is 38.5 Å². The van der Waals surface area contributed by atoms with Crippen molar-refractivity contribution in [1.82, 2.24) is 15.1 Å². The lowest BCUT2D eigenvalue weighted by Crippen LogP contribution is -2.65. The maximum atomic E-state index is 12.4. The molecule has 0 saturated carbocycles. The van der Waals surface area contributed by atoms with Crippen molar-refractivity contribution in [3.05, 3.63) is 35.9 Å². The Hall–Kier alpha value is -1.88. The van der Waals surface area contributed by atoms with Crippen molar-refractivity contribution in [2.45, 2.75) is 70.5 Å². The van der Waals surface area contributed by atoms with Crippen LogP contribution in [-0.4, -0.2) is 53.3 Å². The van der Waals surface area contributed by atoms with Crippen LogP contribution >= 0.6 is 0 Å². The zero-order valence-electron chi connectivity index (χ0n) is 17.7. The fraction of sp³-hybridized carbons (Fsp3) is 0.667. The van der Waals surface area contributed by atoms with E-state index >= 15 is 0 Å². The second-order valence-electron chi connectivity index (χ2n) is 9.13. The summed E-state index contributed by atoms with van der Waals surface area (Å²) in [7, 11) is 0. The highest BCUT2D eigenvalue weighted by atomic mass is 16.2. The molecule has 0 aliphatic carbocycles. The van der Waals surface area contributed by atoms with Crippen LogP contribution in [0.1, 0.15) is 57.4 Å². The van der Waals surface area contributed by atoms with Crippen LogP contribution in [0.25, 0.3) is 0 Å². The molecule has 1 N–H and O–H groups in total. The molecule has 0 unspecified atom stereocenters. The van der Waals surface area contributed by atoms with E-state index in [9.17, 15) is 9.59 Å². The topological polar surface area (TPSA) is 52.7 Å². The fourth-order valence-electron chi connectivity index (χ4n) is 6.08. The van der Waals surface area contributed by atoms with Crippen LogP contribution in [0, 0.1) is 11.8 Å². The van der Waals surface area contributed by atoms with Gasteiger partial charge in [-0.05, 0) is 69.0 Å². The van der Waals surface area contributed by atoms with Crippen LogP contribution < -0.4 is 5.32 Å². The second-order valence-corrected chi connectivity index (χ2v) is 9.13. The van der Waals surface area contributed by atoms with Crippen molar-refractivity contribution in [3.63, 3.8) is 0 Å². The van der Waals surface area contributed by atoms with Gasteiger partial charge in [0.2, 0.25) is 11.8 Å². The Bertz CT molecular complexity index is 705. The minimum Gasteiger partial charge on any atom is -0.352 e. The Morgan fingerprint density at radius 1 is 1.10 bits per heavy atom. The first kappa shape index (κ1) is 20.4. The minimum absolute atomic E-state index is 0.111. The summed E-state index contributed by atoms with van der Waals surface area (Å²) in [5.74, 6) is 1.55. The van der Waals surface area contributed by atoms with E-state index in [1.807, 2.05) is 30.3 Å². The Morgan fingerprint density at radius 2 is 1.86 bits per heavy atom. The van der Waals surface area contributed by atoms with E-state index in [1.165, 1.54) is 38.8 Å². The molecule has 3 fully saturated rings. The fourth-order valence-corrected chi connectivity index (χ4v) is 6.08. The molecule has 29 heavy (non-hydrogen) atoms. The van der Waals surface area contributed by atoms with Crippen LogP contribution in [0.15, 0.2) is 30.3 Å². The molecule has 158 valence electrons. The van der Waals surface area contributed by atoms with Gasteiger partial charge in [-0.15, -0.1) is 0 Å². The van der Waals surface area contributed by atoms with Crippen molar-refractivity contribution in [3.8, 4) is 0 Å². The summed E-state index contributed by atoms with van der Waals surface area (Å²) >= 11 is 0. The minimum atomic E-state index is 0.111. The summed E-state index contributed by atoms with van der Waals surface area (Å²) in [6, 6.07) is 11.0. The van der Waals surface area contributed by atoms with E-state index < -0.39 is 0 Å². The molecular weight excluding hydrogens is 362 g/mol. The lowest BCUT2D eigenvalue weighted by Gasteiger charge is -2.57. The Balaban J connectivity index is 1.33. The first-order valence-electron chi connectivity index (χ1n) is 11.5. The third kappa shape index (κ3) is 4.66. The number of carbonyl (C=O) groups excluding carboxylic acids is 2. The van der Waals surface area contributed by atoms with Crippen LogP contribution in [0.3, 0.4) is 0 Å². The lowest BCUT2D eigenvalue weighted by molar-refractivity contribution is -0.144. The van der Waals surface area contributed by atoms with Crippen molar-refractivity contribution in [1.29, 1.82) is 0 Å². The quantitative estimate of drug-likeness (QED) is 0.802. The van der Waals surface area contributed by atoms with Crippen LogP contribution in [0.4, 0.5) is 0 Å². The monoisotopic (exact) mass is 397 g/mol. The average molecular weight is 398 g/mol. The molecule has 3 heterocycles. The molecule has 4 rings (SSSR count). The molecule has 3 saturated heterocycles. The second kappa shape index (κ2) is 9.29. The van der Waals surface area contributed by atoms with Crippen LogP contribution in [-0.2, 0) is 16.1 Å². The highest BCUT2D eigenvalue weighted by Gasteiger charge is 2.48. The first-order valence-corrected chi connectivity index (χ1v) is 11.5. The highest BCUT2D eigenvalue weighted by molar-refractivity contribution is 5.76. The smallest absolute Gasteiger partial charge is 0.220 e. The van der Waals surface area contributed by atoms with Crippen LogP contribution in [0.5, 0.6) is 0 Å². The van der Waals surface area contributed by atoms with Crippen molar-refractivity contribution >= 4 is 11.8 Å². The predicted molar refractivity (Wildman–Crippen MR) is 114 cm³/mol. The maximum absolute atomic E-state index is 12.4. The van der Waals surface area contributed by atoms with E-state index in [0.717, 1.165) is 24.9 Å². The molecule has 0 bridgehead atoms. The molecule has 0 aromatic heterocycles. The van der Waals surface area contributed by atoms with E-state index in [2.05, 4.69) is 15.1 Å². The van der Waals surface area contributed by atoms with Crippen molar-refractivity contribution < 1.29 is 9.59 Å². The molecule has 1 aromatic rings. The summed E-state index contributed by atoms with van der Waals surface area (Å²) in [4.78, 5) is 29.6. The summed E-state index contributed by atoms with van der Waals surface area (Å²) < 4.78 is 0. The molecule has 3 aliphatic rings. The largest absolute Gasteiger partial charge is 0.352 e. The van der Waals surface area contributed by atoms with Gasteiger partial charge in [-0.25, -0.2) is 0 Å². The van der Waals surface area contributed by atoms with E-state index in [1.54, 1.807) is 6.92 Å². The number of likely N-dealkylation sites (tertiary alicyclic amines) is 1. The number of nitrogens with zero attached hydrogens (tertiary/aromatic N) is 2.